The van der Waals surface area contributed by atoms with E-state index in [1.807, 2.05) is 0 Å². The summed E-state index contributed by atoms with van der Waals surface area (Å²) in [5, 5.41) is 0. The van der Waals surface area contributed by atoms with Crippen molar-refractivity contribution in [2.75, 3.05) is 7.11 Å². The Hall–Kier alpha value is -2.31. The Labute approximate surface area is 107 Å². The summed E-state index contributed by atoms with van der Waals surface area (Å²) >= 11 is 0. The largest absolute Gasteiger partial charge is 0.464 e. The van der Waals surface area contributed by atoms with E-state index >= 15 is 0 Å². The Balaban J connectivity index is 3.17. The van der Waals surface area contributed by atoms with Gasteiger partial charge in [0.05, 0.1) is 12.8 Å². The maximum Gasteiger partial charge on any atom is 0.430 e. The van der Waals surface area contributed by atoms with Gasteiger partial charge in [-0.1, -0.05) is 18.2 Å². The van der Waals surface area contributed by atoms with Crippen LogP contribution in [0.25, 0.3) is 0 Å². The molecule has 0 amide bonds. The summed E-state index contributed by atoms with van der Waals surface area (Å²) in [6.45, 7) is 0. The second-order valence-electron chi connectivity index (χ2n) is 3.42. The van der Waals surface area contributed by atoms with Crippen LogP contribution in [0.2, 0.25) is 0 Å². The zero-order valence-electron chi connectivity index (χ0n) is 9.94. The van der Waals surface area contributed by atoms with Gasteiger partial charge in [-0.3, -0.25) is 0 Å². The summed E-state index contributed by atoms with van der Waals surface area (Å²) in [7, 11) is 1.04. The van der Waals surface area contributed by atoms with Crippen molar-refractivity contribution in [2.45, 2.75) is 6.18 Å². The van der Waals surface area contributed by atoms with Crippen molar-refractivity contribution < 1.29 is 22.7 Å². The fourth-order valence-electron chi connectivity index (χ4n) is 1.11. The first-order valence-corrected chi connectivity index (χ1v) is 5.11. The first-order chi connectivity index (χ1) is 8.84. The summed E-state index contributed by atoms with van der Waals surface area (Å²) in [6, 6.07) is 8.02. The van der Waals surface area contributed by atoms with Crippen molar-refractivity contribution in [1.82, 2.24) is 0 Å². The van der Waals surface area contributed by atoms with Crippen LogP contribution in [0.3, 0.4) is 0 Å². The van der Waals surface area contributed by atoms with Crippen LogP contribution in [0.15, 0.2) is 47.1 Å². The molecular formula is C12H11F3N2O2. The lowest BCUT2D eigenvalue weighted by Gasteiger charge is -2.07. The van der Waals surface area contributed by atoms with E-state index in [1.54, 1.807) is 18.2 Å². The molecule has 0 heterocycles. The molecule has 0 aliphatic rings. The van der Waals surface area contributed by atoms with E-state index in [0.29, 0.717) is 11.8 Å². The standard InChI is InChI=1S/C12H11F3N2O2/c1-19-11(18)9(7-10(16)12(13,14)15)17-8-5-3-2-4-6-8/h2-7H,16H2,1H3. The number of nitrogens with zero attached hydrogens (tertiary/aromatic N) is 1. The smallest absolute Gasteiger partial charge is 0.430 e. The summed E-state index contributed by atoms with van der Waals surface area (Å²) in [6.07, 6.45) is -4.29. The fraction of sp³-hybridized carbons (Fsp3) is 0.167. The number of halogens is 3. The molecule has 0 saturated heterocycles. The molecule has 1 rings (SSSR count). The molecule has 102 valence electrons. The van der Waals surface area contributed by atoms with Crippen molar-refractivity contribution in [3.8, 4) is 0 Å². The highest BCUT2D eigenvalue weighted by atomic mass is 19.4. The minimum atomic E-state index is -4.73. The van der Waals surface area contributed by atoms with Crippen LogP contribution in [0, 0.1) is 0 Å². The Morgan fingerprint density at radius 3 is 2.37 bits per heavy atom. The van der Waals surface area contributed by atoms with Crippen LogP contribution in [-0.2, 0) is 9.53 Å². The highest BCUT2D eigenvalue weighted by molar-refractivity contribution is 6.41. The molecule has 0 fully saturated rings. The van der Waals surface area contributed by atoms with Gasteiger partial charge >= 0.3 is 12.1 Å². The van der Waals surface area contributed by atoms with Gasteiger partial charge in [0, 0.05) is 0 Å². The van der Waals surface area contributed by atoms with Gasteiger partial charge in [-0.05, 0) is 18.2 Å². The van der Waals surface area contributed by atoms with Crippen LogP contribution in [0.4, 0.5) is 18.9 Å². The molecule has 0 aliphatic carbocycles. The number of hydrogen-bond acceptors (Lipinski definition) is 4. The number of para-hydroxylation sites is 1. The third kappa shape index (κ3) is 4.46. The molecule has 0 unspecified atom stereocenters. The molecule has 7 heteroatoms. The maximum atomic E-state index is 12.3. The predicted molar refractivity (Wildman–Crippen MR) is 63.9 cm³/mol. The van der Waals surface area contributed by atoms with Crippen LogP contribution in [0.5, 0.6) is 0 Å². The van der Waals surface area contributed by atoms with Crippen LogP contribution < -0.4 is 5.73 Å². The summed E-state index contributed by atoms with van der Waals surface area (Å²) < 4.78 is 41.3. The Morgan fingerprint density at radius 1 is 1.32 bits per heavy atom. The van der Waals surface area contributed by atoms with Crippen LogP contribution in [-0.4, -0.2) is 25.0 Å². The summed E-state index contributed by atoms with van der Waals surface area (Å²) in [5.41, 5.74) is 3.21. The first-order valence-electron chi connectivity index (χ1n) is 5.11. The molecule has 1 aromatic carbocycles. The van der Waals surface area contributed by atoms with E-state index in [-0.39, 0.29) is 0 Å². The number of benzene rings is 1. The third-order valence-corrected chi connectivity index (χ3v) is 2.02. The summed E-state index contributed by atoms with van der Waals surface area (Å²) in [5.74, 6) is -1.00. The molecule has 0 bridgehead atoms. The number of allylic oxidation sites excluding steroid dienone is 1. The lowest BCUT2D eigenvalue weighted by molar-refractivity contribution is -0.132. The molecule has 19 heavy (non-hydrogen) atoms. The van der Waals surface area contributed by atoms with E-state index in [0.717, 1.165) is 7.11 Å². The van der Waals surface area contributed by atoms with Gasteiger partial charge < -0.3 is 10.5 Å². The van der Waals surface area contributed by atoms with E-state index < -0.39 is 23.6 Å². The number of hydrogen-bond donors (Lipinski definition) is 1. The monoisotopic (exact) mass is 272 g/mol. The number of alkyl halides is 3. The normalized spacial score (nSPS) is 13.3. The van der Waals surface area contributed by atoms with Crippen molar-refractivity contribution in [1.29, 1.82) is 0 Å². The molecule has 0 aliphatic heterocycles. The van der Waals surface area contributed by atoms with Crippen molar-refractivity contribution in [3.63, 3.8) is 0 Å². The topological polar surface area (TPSA) is 64.7 Å². The maximum absolute atomic E-state index is 12.3. The number of nitrogens with two attached hydrogens (primary N) is 1. The van der Waals surface area contributed by atoms with E-state index in [4.69, 9.17) is 5.73 Å². The minimum Gasteiger partial charge on any atom is -0.464 e. The van der Waals surface area contributed by atoms with Gasteiger partial charge in [0.1, 0.15) is 5.70 Å². The number of aliphatic imine (C=N–C) groups is 1. The highest BCUT2D eigenvalue weighted by Gasteiger charge is 2.32. The number of carbonyl (C=O) groups excluding carboxylic acids is 1. The summed E-state index contributed by atoms with van der Waals surface area (Å²) in [4.78, 5) is 15.1. The van der Waals surface area contributed by atoms with Gasteiger partial charge in [-0.2, -0.15) is 13.2 Å². The zero-order valence-corrected chi connectivity index (χ0v) is 9.94. The lowest BCUT2D eigenvalue weighted by atomic mass is 10.2. The fourth-order valence-corrected chi connectivity index (χ4v) is 1.11. The first kappa shape index (κ1) is 14.7. The van der Waals surface area contributed by atoms with Gasteiger partial charge in [0.25, 0.3) is 0 Å². The van der Waals surface area contributed by atoms with Crippen LogP contribution in [0.1, 0.15) is 0 Å². The molecule has 2 N–H and O–H groups in total. The molecule has 0 atom stereocenters. The Kier molecular flexibility index (Phi) is 4.68. The number of ether oxygens (including phenoxy) is 1. The highest BCUT2D eigenvalue weighted by Crippen LogP contribution is 2.22. The second kappa shape index (κ2) is 6.03. The number of esters is 1. The number of methoxy groups -OCH3 is 1. The number of rotatable bonds is 3. The molecular weight excluding hydrogens is 261 g/mol. The lowest BCUT2D eigenvalue weighted by Crippen LogP contribution is -2.23. The third-order valence-electron chi connectivity index (χ3n) is 2.02. The van der Waals surface area contributed by atoms with Gasteiger partial charge in [-0.15, -0.1) is 0 Å². The Bertz CT molecular complexity index is 507. The molecule has 0 radical (unpaired) electrons. The SMILES string of the molecule is COC(=O)C(C=C(N)C(F)(F)F)=Nc1ccccc1. The van der Waals surface area contributed by atoms with Gasteiger partial charge in [-0.25, -0.2) is 9.79 Å². The molecule has 0 saturated carbocycles. The van der Waals surface area contributed by atoms with E-state index in [2.05, 4.69) is 9.73 Å². The van der Waals surface area contributed by atoms with E-state index in [9.17, 15) is 18.0 Å². The van der Waals surface area contributed by atoms with Crippen molar-refractivity contribution in [3.05, 3.63) is 42.1 Å². The Morgan fingerprint density at radius 2 is 1.89 bits per heavy atom. The minimum absolute atomic E-state index is 0.314. The molecule has 0 spiro atoms. The average Bonchev–Trinajstić information content (AvgIpc) is 2.37. The quantitative estimate of drug-likeness (QED) is 0.678. The van der Waals surface area contributed by atoms with Crippen LogP contribution >= 0.6 is 0 Å². The molecule has 4 nitrogen and oxygen atoms in total. The molecule has 0 aromatic heterocycles. The van der Waals surface area contributed by atoms with Gasteiger partial charge in [0.15, 0.2) is 5.71 Å². The second-order valence-corrected chi connectivity index (χ2v) is 3.42. The predicted octanol–water partition coefficient (Wildman–Crippen LogP) is 2.34. The van der Waals surface area contributed by atoms with Crippen molar-refractivity contribution in [2.24, 2.45) is 10.7 Å². The van der Waals surface area contributed by atoms with Crippen molar-refractivity contribution >= 4 is 17.4 Å². The van der Waals surface area contributed by atoms with E-state index in [1.165, 1.54) is 12.1 Å². The zero-order chi connectivity index (χ0) is 14.5. The van der Waals surface area contributed by atoms with Gasteiger partial charge in [0.2, 0.25) is 0 Å². The average molecular weight is 272 g/mol. The molecule has 1 aromatic rings. The number of carbonyl (C=O) groups is 1.